The summed E-state index contributed by atoms with van der Waals surface area (Å²) in [4.78, 5) is 12.7. The van der Waals surface area contributed by atoms with Crippen molar-refractivity contribution in [3.63, 3.8) is 0 Å². The van der Waals surface area contributed by atoms with Crippen molar-refractivity contribution in [3.8, 4) is 5.75 Å². The lowest BCUT2D eigenvalue weighted by molar-refractivity contribution is 0.482. The second-order valence-corrected chi connectivity index (χ2v) is 4.89. The summed E-state index contributed by atoms with van der Waals surface area (Å²) < 4.78 is 18.9. The quantitative estimate of drug-likeness (QED) is 0.392. The number of hydrogen-bond acceptors (Lipinski definition) is 3. The van der Waals surface area contributed by atoms with Gasteiger partial charge in [-0.1, -0.05) is 18.2 Å². The van der Waals surface area contributed by atoms with Crippen LogP contribution in [0.4, 0.5) is 4.39 Å². The first-order valence-electron chi connectivity index (χ1n) is 6.42. The molecular weight excluding hydrogens is 271 g/mol. The van der Waals surface area contributed by atoms with E-state index in [9.17, 15) is 14.3 Å². The minimum Gasteiger partial charge on any atom is -0.507 e. The predicted molar refractivity (Wildman–Crippen MR) is 79.1 cm³/mol. The Morgan fingerprint density at radius 3 is 2.67 bits per heavy atom. The van der Waals surface area contributed by atoms with E-state index in [1.807, 2.05) is 6.07 Å². The lowest BCUT2D eigenvalue weighted by atomic mass is 10.0. The monoisotopic (exact) mass is 280 g/mol. The topological polar surface area (TPSA) is 50.4 Å². The third-order valence-corrected chi connectivity index (χ3v) is 3.62. The number of rotatable bonds is 0. The predicted octanol–water partition coefficient (Wildman–Crippen LogP) is 3.94. The van der Waals surface area contributed by atoms with Crippen LogP contribution in [0.5, 0.6) is 5.75 Å². The van der Waals surface area contributed by atoms with Crippen LogP contribution in [-0.2, 0) is 0 Å². The van der Waals surface area contributed by atoms with Crippen molar-refractivity contribution < 1.29 is 13.9 Å². The van der Waals surface area contributed by atoms with Crippen LogP contribution in [0.15, 0.2) is 57.7 Å². The summed E-state index contributed by atoms with van der Waals surface area (Å²) in [6.07, 6.45) is 0. The summed E-state index contributed by atoms with van der Waals surface area (Å²) in [5.41, 5.74) is 0.243. The van der Waals surface area contributed by atoms with Gasteiger partial charge in [0.15, 0.2) is 0 Å². The van der Waals surface area contributed by atoms with Gasteiger partial charge >= 0.3 is 0 Å². The molecule has 0 aliphatic carbocycles. The number of hydrogen-bond donors (Lipinski definition) is 1. The summed E-state index contributed by atoms with van der Waals surface area (Å²) in [5, 5.41) is 11.9. The van der Waals surface area contributed by atoms with Gasteiger partial charge in [-0.2, -0.15) is 0 Å². The van der Waals surface area contributed by atoms with E-state index in [4.69, 9.17) is 4.42 Å². The Labute approximate surface area is 117 Å². The Bertz CT molecular complexity index is 1080. The van der Waals surface area contributed by atoms with Crippen molar-refractivity contribution in [2.45, 2.75) is 0 Å². The Kier molecular flexibility index (Phi) is 2.30. The molecule has 0 fully saturated rings. The van der Waals surface area contributed by atoms with Gasteiger partial charge in [-0.25, -0.2) is 4.39 Å². The summed E-state index contributed by atoms with van der Waals surface area (Å²) >= 11 is 0. The van der Waals surface area contributed by atoms with Crippen molar-refractivity contribution in [3.05, 3.63) is 64.6 Å². The normalized spacial score (nSPS) is 11.5. The SMILES string of the molecule is O=c1c2ccc(F)cc2oc2ccc3cccc(O)c3c12. The van der Waals surface area contributed by atoms with Gasteiger partial charge in [0.2, 0.25) is 5.43 Å². The van der Waals surface area contributed by atoms with Crippen LogP contribution >= 0.6 is 0 Å². The molecule has 0 aliphatic heterocycles. The van der Waals surface area contributed by atoms with Gasteiger partial charge in [0, 0.05) is 11.5 Å². The standard InChI is InChI=1S/C17H9FO3/c18-10-5-6-11-14(8-10)21-13-7-4-9-2-1-3-12(19)15(9)16(13)17(11)20/h1-8,19H. The zero-order chi connectivity index (χ0) is 14.6. The molecule has 0 bridgehead atoms. The molecule has 4 rings (SSSR count). The first-order chi connectivity index (χ1) is 10.1. The highest BCUT2D eigenvalue weighted by Crippen LogP contribution is 2.31. The fraction of sp³-hybridized carbons (Fsp3) is 0. The van der Waals surface area contributed by atoms with E-state index in [-0.39, 0.29) is 16.8 Å². The third-order valence-electron chi connectivity index (χ3n) is 3.62. The Hall–Kier alpha value is -2.88. The molecule has 102 valence electrons. The van der Waals surface area contributed by atoms with Crippen LogP contribution in [0, 0.1) is 5.82 Å². The first kappa shape index (κ1) is 11.9. The van der Waals surface area contributed by atoms with Crippen LogP contribution in [0.25, 0.3) is 32.7 Å². The fourth-order valence-electron chi connectivity index (χ4n) is 2.67. The molecule has 0 saturated heterocycles. The van der Waals surface area contributed by atoms with Crippen LogP contribution < -0.4 is 5.43 Å². The first-order valence-corrected chi connectivity index (χ1v) is 6.42. The maximum Gasteiger partial charge on any atom is 0.201 e. The largest absolute Gasteiger partial charge is 0.507 e. The molecule has 4 heteroatoms. The lowest BCUT2D eigenvalue weighted by Crippen LogP contribution is -2.03. The van der Waals surface area contributed by atoms with Gasteiger partial charge < -0.3 is 9.52 Å². The molecule has 1 aromatic heterocycles. The van der Waals surface area contributed by atoms with Gasteiger partial charge in [-0.05, 0) is 29.7 Å². The number of halogens is 1. The molecule has 3 aromatic carbocycles. The Morgan fingerprint density at radius 1 is 0.952 bits per heavy atom. The molecule has 21 heavy (non-hydrogen) atoms. The van der Waals surface area contributed by atoms with Crippen molar-refractivity contribution in [1.82, 2.24) is 0 Å². The van der Waals surface area contributed by atoms with E-state index in [0.717, 1.165) is 5.39 Å². The molecule has 4 aromatic rings. The number of phenols is 1. The molecule has 1 heterocycles. The van der Waals surface area contributed by atoms with E-state index in [1.165, 1.54) is 24.3 Å². The highest BCUT2D eigenvalue weighted by Gasteiger charge is 2.13. The molecule has 0 atom stereocenters. The molecule has 0 unspecified atom stereocenters. The second kappa shape index (κ2) is 4.06. The van der Waals surface area contributed by atoms with E-state index in [0.29, 0.717) is 21.7 Å². The minimum atomic E-state index is -0.464. The van der Waals surface area contributed by atoms with Crippen LogP contribution in [0.1, 0.15) is 0 Å². The maximum absolute atomic E-state index is 13.3. The number of phenolic OH excluding ortho intramolecular Hbond substituents is 1. The molecule has 0 aliphatic rings. The van der Waals surface area contributed by atoms with Crippen LogP contribution in [-0.4, -0.2) is 5.11 Å². The number of fused-ring (bicyclic) bond motifs is 4. The van der Waals surface area contributed by atoms with Crippen molar-refractivity contribution in [1.29, 1.82) is 0 Å². The van der Waals surface area contributed by atoms with Crippen molar-refractivity contribution in [2.24, 2.45) is 0 Å². The zero-order valence-corrected chi connectivity index (χ0v) is 10.8. The minimum absolute atomic E-state index is 0.0202. The zero-order valence-electron chi connectivity index (χ0n) is 10.8. The highest BCUT2D eigenvalue weighted by atomic mass is 19.1. The van der Waals surface area contributed by atoms with Crippen molar-refractivity contribution >= 4 is 32.7 Å². The maximum atomic E-state index is 13.3. The van der Waals surface area contributed by atoms with Gasteiger partial charge in [0.1, 0.15) is 22.7 Å². The Morgan fingerprint density at radius 2 is 1.81 bits per heavy atom. The molecular formula is C17H9FO3. The third kappa shape index (κ3) is 1.62. The molecule has 0 radical (unpaired) electrons. The summed E-state index contributed by atoms with van der Waals surface area (Å²) in [7, 11) is 0. The average molecular weight is 280 g/mol. The Balaban J connectivity index is 2.35. The molecule has 0 spiro atoms. The molecule has 3 nitrogen and oxygen atoms in total. The molecule has 1 N–H and O–H groups in total. The van der Waals surface area contributed by atoms with Gasteiger partial charge in [0.05, 0.1) is 10.8 Å². The highest BCUT2D eigenvalue weighted by molar-refractivity contribution is 6.10. The van der Waals surface area contributed by atoms with Gasteiger partial charge in [-0.15, -0.1) is 0 Å². The van der Waals surface area contributed by atoms with Crippen LogP contribution in [0.3, 0.4) is 0 Å². The summed E-state index contributed by atoms with van der Waals surface area (Å²) in [5.74, 6) is -0.444. The summed E-state index contributed by atoms with van der Waals surface area (Å²) in [6, 6.07) is 12.3. The van der Waals surface area contributed by atoms with E-state index < -0.39 is 5.82 Å². The van der Waals surface area contributed by atoms with E-state index >= 15 is 0 Å². The van der Waals surface area contributed by atoms with Crippen LogP contribution in [0.2, 0.25) is 0 Å². The molecule has 0 saturated carbocycles. The smallest absolute Gasteiger partial charge is 0.201 e. The lowest BCUT2D eigenvalue weighted by Gasteiger charge is -2.06. The molecule has 0 amide bonds. The van der Waals surface area contributed by atoms with Gasteiger partial charge in [0.25, 0.3) is 0 Å². The second-order valence-electron chi connectivity index (χ2n) is 4.89. The van der Waals surface area contributed by atoms with E-state index in [1.54, 1.807) is 18.2 Å². The van der Waals surface area contributed by atoms with E-state index in [2.05, 4.69) is 0 Å². The number of benzene rings is 3. The van der Waals surface area contributed by atoms with Crippen molar-refractivity contribution in [2.75, 3.05) is 0 Å². The van der Waals surface area contributed by atoms with Gasteiger partial charge in [-0.3, -0.25) is 4.79 Å². The number of aromatic hydroxyl groups is 1. The fourth-order valence-corrected chi connectivity index (χ4v) is 2.67. The summed E-state index contributed by atoms with van der Waals surface area (Å²) in [6.45, 7) is 0. The average Bonchev–Trinajstić information content (AvgIpc) is 2.47.